The van der Waals surface area contributed by atoms with E-state index in [1.54, 1.807) is 6.92 Å². The van der Waals surface area contributed by atoms with Gasteiger partial charge in [-0.1, -0.05) is 5.48 Å². The Labute approximate surface area is 43.8 Å². The molecule has 0 aliphatic heterocycles. The molecule has 2 N–H and O–H groups in total. The van der Waals surface area contributed by atoms with Gasteiger partial charge in [-0.25, -0.2) is 0 Å². The van der Waals surface area contributed by atoms with E-state index in [-0.39, 0.29) is 6.23 Å². The highest BCUT2D eigenvalue weighted by Crippen LogP contribution is 1.72. The van der Waals surface area contributed by atoms with Crippen LogP contribution >= 0.6 is 0 Å². The van der Waals surface area contributed by atoms with E-state index in [2.05, 4.69) is 10.3 Å². The van der Waals surface area contributed by atoms with Crippen molar-refractivity contribution in [2.75, 3.05) is 6.54 Å². The molecule has 43 valence electrons. The van der Waals surface area contributed by atoms with Crippen molar-refractivity contribution in [3.05, 3.63) is 0 Å². The summed E-state index contributed by atoms with van der Waals surface area (Å²) in [5, 5.41) is 0. The number of nitrogens with two attached hydrogens (primary N) is 1. The molecule has 0 heterocycles. The van der Waals surface area contributed by atoms with Gasteiger partial charge in [-0.15, -0.1) is 0 Å². The number of hydrogen-bond donors (Lipinski definition) is 1. The first-order chi connectivity index (χ1) is 3.27. The van der Waals surface area contributed by atoms with Crippen LogP contribution in [-0.4, -0.2) is 12.8 Å². The molecule has 3 nitrogen and oxygen atoms in total. The Bertz CT molecular complexity index is 38.7. The van der Waals surface area contributed by atoms with Crippen molar-refractivity contribution in [3.63, 3.8) is 0 Å². The number of hydrogen-bond acceptors (Lipinski definition) is 2. The lowest BCUT2D eigenvalue weighted by Crippen LogP contribution is -2.23. The first kappa shape index (κ1) is 6.88. The normalized spacial score (nSPS) is 14.1. The summed E-state index contributed by atoms with van der Waals surface area (Å²) in [6.07, 6.45) is -0.264. The molecule has 0 amide bonds. The zero-order valence-corrected chi connectivity index (χ0v) is 4.72. The molecule has 0 fully saturated rings. The Morgan fingerprint density at radius 2 is 2.43 bits per heavy atom. The second-order valence-corrected chi connectivity index (χ2v) is 1.26. The second-order valence-electron chi connectivity index (χ2n) is 1.26. The smallest absolute Gasteiger partial charge is 0.126 e. The van der Waals surface area contributed by atoms with Crippen LogP contribution in [0.2, 0.25) is 0 Å². The molecule has 0 aliphatic rings. The average molecular weight is 103 g/mol. The van der Waals surface area contributed by atoms with Crippen LogP contribution in [0.1, 0.15) is 13.8 Å². The standard InChI is InChI=1S/C4H11N2O/c1-3-6-7-4(2)5/h4H,3,5H2,1-2H3. The molecule has 0 saturated heterocycles. The summed E-state index contributed by atoms with van der Waals surface area (Å²) < 4.78 is 0. The topological polar surface area (TPSA) is 49.4 Å². The minimum atomic E-state index is -0.264. The molecule has 1 radical (unpaired) electrons. The molecule has 0 spiro atoms. The fourth-order valence-electron chi connectivity index (χ4n) is 0.192. The summed E-state index contributed by atoms with van der Waals surface area (Å²) >= 11 is 0. The van der Waals surface area contributed by atoms with E-state index in [0.717, 1.165) is 0 Å². The Morgan fingerprint density at radius 1 is 1.86 bits per heavy atom. The van der Waals surface area contributed by atoms with Gasteiger partial charge in [0.1, 0.15) is 6.23 Å². The van der Waals surface area contributed by atoms with E-state index in [9.17, 15) is 0 Å². The van der Waals surface area contributed by atoms with Gasteiger partial charge in [0, 0.05) is 6.54 Å². The molecule has 0 aromatic rings. The maximum absolute atomic E-state index is 5.16. The van der Waals surface area contributed by atoms with Gasteiger partial charge in [-0.2, -0.15) is 0 Å². The van der Waals surface area contributed by atoms with Crippen molar-refractivity contribution in [3.8, 4) is 0 Å². The van der Waals surface area contributed by atoms with E-state index in [1.807, 2.05) is 6.92 Å². The van der Waals surface area contributed by atoms with Gasteiger partial charge in [-0.05, 0) is 13.8 Å². The molecular formula is C4H11N2O. The average Bonchev–Trinajstić information content (AvgIpc) is 1.61. The SMILES string of the molecule is CC[N]OC(C)N. The summed E-state index contributed by atoms with van der Waals surface area (Å²) in [6.45, 7) is 4.29. The molecule has 7 heavy (non-hydrogen) atoms. The number of rotatable bonds is 3. The molecule has 0 rings (SSSR count). The third-order valence-corrected chi connectivity index (χ3v) is 0.370. The van der Waals surface area contributed by atoms with Gasteiger partial charge in [0.25, 0.3) is 0 Å². The summed E-state index contributed by atoms with van der Waals surface area (Å²) in [4.78, 5) is 4.59. The van der Waals surface area contributed by atoms with E-state index >= 15 is 0 Å². The summed E-state index contributed by atoms with van der Waals surface area (Å²) in [5.41, 5.74) is 8.71. The molecule has 3 heteroatoms. The summed E-state index contributed by atoms with van der Waals surface area (Å²) in [5.74, 6) is 0. The quantitative estimate of drug-likeness (QED) is 0.399. The van der Waals surface area contributed by atoms with Crippen molar-refractivity contribution in [2.45, 2.75) is 20.1 Å². The highest BCUT2D eigenvalue weighted by Gasteiger charge is 1.88. The predicted octanol–water partition coefficient (Wildman–Crippen LogP) is -0.153. The van der Waals surface area contributed by atoms with Crippen LogP contribution in [0.25, 0.3) is 0 Å². The van der Waals surface area contributed by atoms with E-state index in [1.165, 1.54) is 0 Å². The minimum Gasteiger partial charge on any atom is -0.305 e. The number of hydroxylamine groups is 1. The van der Waals surface area contributed by atoms with Crippen molar-refractivity contribution in [1.82, 2.24) is 5.48 Å². The molecule has 0 bridgehead atoms. The molecule has 1 atom stereocenters. The van der Waals surface area contributed by atoms with Crippen LogP contribution in [0, 0.1) is 0 Å². The van der Waals surface area contributed by atoms with Gasteiger partial charge >= 0.3 is 0 Å². The lowest BCUT2D eigenvalue weighted by atomic mass is 10.7. The second kappa shape index (κ2) is 4.05. The van der Waals surface area contributed by atoms with Crippen LogP contribution in [0.3, 0.4) is 0 Å². The third-order valence-electron chi connectivity index (χ3n) is 0.370. The first-order valence-corrected chi connectivity index (χ1v) is 2.35. The van der Waals surface area contributed by atoms with Crippen LogP contribution < -0.4 is 11.2 Å². The fourth-order valence-corrected chi connectivity index (χ4v) is 0.192. The molecule has 0 aromatic carbocycles. The molecule has 0 saturated carbocycles. The molecule has 1 unspecified atom stereocenters. The van der Waals surface area contributed by atoms with Gasteiger partial charge in [0.05, 0.1) is 0 Å². The van der Waals surface area contributed by atoms with Crippen LogP contribution in [0.4, 0.5) is 0 Å². The number of nitrogens with zero attached hydrogens (tertiary/aromatic N) is 1. The van der Waals surface area contributed by atoms with Crippen LogP contribution in [0.15, 0.2) is 0 Å². The Balaban J connectivity index is 2.68. The van der Waals surface area contributed by atoms with Gasteiger partial charge < -0.3 is 5.73 Å². The largest absolute Gasteiger partial charge is 0.305 e. The van der Waals surface area contributed by atoms with E-state index in [0.29, 0.717) is 6.54 Å². The lowest BCUT2D eigenvalue weighted by molar-refractivity contribution is -0.0157. The summed E-state index contributed by atoms with van der Waals surface area (Å²) in [6, 6.07) is 0. The Morgan fingerprint density at radius 3 is 2.57 bits per heavy atom. The molecule has 0 aliphatic carbocycles. The van der Waals surface area contributed by atoms with Gasteiger partial charge in [-0.3, -0.25) is 4.84 Å². The highest BCUT2D eigenvalue weighted by atomic mass is 16.7. The zero-order chi connectivity index (χ0) is 5.70. The van der Waals surface area contributed by atoms with Crippen molar-refractivity contribution >= 4 is 0 Å². The third kappa shape index (κ3) is 5.88. The van der Waals surface area contributed by atoms with Crippen molar-refractivity contribution < 1.29 is 4.84 Å². The highest BCUT2D eigenvalue weighted by molar-refractivity contribution is 4.26. The zero-order valence-electron chi connectivity index (χ0n) is 4.72. The van der Waals surface area contributed by atoms with Gasteiger partial charge in [0.2, 0.25) is 0 Å². The van der Waals surface area contributed by atoms with Crippen molar-refractivity contribution in [2.24, 2.45) is 5.73 Å². The maximum atomic E-state index is 5.16. The van der Waals surface area contributed by atoms with E-state index in [4.69, 9.17) is 5.73 Å². The Hall–Kier alpha value is -0.120. The monoisotopic (exact) mass is 103 g/mol. The fraction of sp³-hybridized carbons (Fsp3) is 1.00. The Kier molecular flexibility index (Phi) is 3.98. The van der Waals surface area contributed by atoms with Crippen LogP contribution in [0.5, 0.6) is 0 Å². The molecular weight excluding hydrogens is 92.1 g/mol. The summed E-state index contributed by atoms with van der Waals surface area (Å²) in [7, 11) is 0. The predicted molar refractivity (Wildman–Crippen MR) is 27.4 cm³/mol. The maximum Gasteiger partial charge on any atom is 0.126 e. The van der Waals surface area contributed by atoms with Gasteiger partial charge in [0.15, 0.2) is 0 Å². The molecule has 0 aromatic heterocycles. The lowest BCUT2D eigenvalue weighted by Gasteiger charge is -2.01. The first-order valence-electron chi connectivity index (χ1n) is 2.35. The van der Waals surface area contributed by atoms with E-state index < -0.39 is 0 Å². The minimum absolute atomic E-state index is 0.264. The van der Waals surface area contributed by atoms with Crippen molar-refractivity contribution in [1.29, 1.82) is 0 Å². The van der Waals surface area contributed by atoms with Crippen LogP contribution in [-0.2, 0) is 4.84 Å².